The molecule has 0 bridgehead atoms. The SMILES string of the molecule is COc1ccc(C)cc1Nc1nccc(Nc2ccc(C)c(Br)c2)n1. The quantitative estimate of drug-likeness (QED) is 0.606. The number of rotatable bonds is 5. The lowest BCUT2D eigenvalue weighted by Gasteiger charge is -2.12. The van der Waals surface area contributed by atoms with Crippen molar-refractivity contribution in [1.82, 2.24) is 9.97 Å². The smallest absolute Gasteiger partial charge is 0.229 e. The van der Waals surface area contributed by atoms with Gasteiger partial charge in [-0.2, -0.15) is 4.98 Å². The van der Waals surface area contributed by atoms with Gasteiger partial charge in [-0.15, -0.1) is 0 Å². The molecule has 0 radical (unpaired) electrons. The third-order valence-electron chi connectivity index (χ3n) is 3.70. The number of nitrogens with zero attached hydrogens (tertiary/aromatic N) is 2. The van der Waals surface area contributed by atoms with Crippen molar-refractivity contribution in [3.8, 4) is 5.75 Å². The Morgan fingerprint density at radius 3 is 2.60 bits per heavy atom. The Morgan fingerprint density at radius 2 is 1.84 bits per heavy atom. The molecule has 0 aliphatic rings. The molecule has 0 atom stereocenters. The van der Waals surface area contributed by atoms with E-state index in [1.165, 1.54) is 5.56 Å². The van der Waals surface area contributed by atoms with Gasteiger partial charge in [-0.05, 0) is 55.3 Å². The molecular weight excluding hydrogens is 380 g/mol. The Labute approximate surface area is 155 Å². The molecule has 0 aliphatic carbocycles. The van der Waals surface area contributed by atoms with Gasteiger partial charge in [0, 0.05) is 16.4 Å². The van der Waals surface area contributed by atoms with Crippen LogP contribution in [0.25, 0.3) is 0 Å². The van der Waals surface area contributed by atoms with Crippen LogP contribution in [-0.4, -0.2) is 17.1 Å². The molecule has 6 heteroatoms. The molecule has 128 valence electrons. The normalized spacial score (nSPS) is 10.4. The number of anilines is 4. The summed E-state index contributed by atoms with van der Waals surface area (Å²) in [6, 6.07) is 13.8. The first-order chi connectivity index (χ1) is 12.0. The fourth-order valence-electron chi connectivity index (χ4n) is 2.35. The molecule has 2 aromatic carbocycles. The first kappa shape index (κ1) is 17.2. The Hall–Kier alpha value is -2.60. The molecule has 0 spiro atoms. The second-order valence-electron chi connectivity index (χ2n) is 5.68. The van der Waals surface area contributed by atoms with Gasteiger partial charge in [-0.25, -0.2) is 4.98 Å². The minimum Gasteiger partial charge on any atom is -0.495 e. The summed E-state index contributed by atoms with van der Waals surface area (Å²) in [5.74, 6) is 1.95. The van der Waals surface area contributed by atoms with E-state index in [1.807, 2.05) is 49.4 Å². The molecule has 0 unspecified atom stereocenters. The number of halogens is 1. The lowest BCUT2D eigenvalue weighted by atomic mass is 10.2. The number of benzene rings is 2. The highest BCUT2D eigenvalue weighted by atomic mass is 79.9. The summed E-state index contributed by atoms with van der Waals surface area (Å²) in [6.45, 7) is 4.08. The van der Waals surface area contributed by atoms with Crippen molar-refractivity contribution in [2.75, 3.05) is 17.7 Å². The number of methoxy groups -OCH3 is 1. The van der Waals surface area contributed by atoms with Crippen LogP contribution >= 0.6 is 15.9 Å². The van der Waals surface area contributed by atoms with Crippen molar-refractivity contribution < 1.29 is 4.74 Å². The van der Waals surface area contributed by atoms with Crippen molar-refractivity contribution in [1.29, 1.82) is 0 Å². The summed E-state index contributed by atoms with van der Waals surface area (Å²) in [6.07, 6.45) is 1.71. The summed E-state index contributed by atoms with van der Waals surface area (Å²) in [7, 11) is 1.64. The second-order valence-corrected chi connectivity index (χ2v) is 6.54. The maximum atomic E-state index is 5.38. The van der Waals surface area contributed by atoms with E-state index in [2.05, 4.69) is 43.5 Å². The highest BCUT2D eigenvalue weighted by molar-refractivity contribution is 9.10. The van der Waals surface area contributed by atoms with Gasteiger partial charge in [0.1, 0.15) is 11.6 Å². The predicted molar refractivity (Wildman–Crippen MR) is 105 cm³/mol. The van der Waals surface area contributed by atoms with Crippen molar-refractivity contribution in [2.24, 2.45) is 0 Å². The first-order valence-corrected chi connectivity index (χ1v) is 8.62. The zero-order valence-corrected chi connectivity index (χ0v) is 15.9. The van der Waals surface area contributed by atoms with Gasteiger partial charge >= 0.3 is 0 Å². The van der Waals surface area contributed by atoms with E-state index in [4.69, 9.17) is 4.74 Å². The first-order valence-electron chi connectivity index (χ1n) is 7.83. The highest BCUT2D eigenvalue weighted by Crippen LogP contribution is 2.28. The molecule has 1 aromatic heterocycles. The minimum atomic E-state index is 0.500. The second kappa shape index (κ2) is 7.53. The van der Waals surface area contributed by atoms with Gasteiger partial charge in [0.05, 0.1) is 12.8 Å². The van der Waals surface area contributed by atoms with Gasteiger partial charge in [0.2, 0.25) is 5.95 Å². The van der Waals surface area contributed by atoms with Crippen molar-refractivity contribution in [3.05, 3.63) is 64.3 Å². The van der Waals surface area contributed by atoms with Crippen molar-refractivity contribution in [3.63, 3.8) is 0 Å². The molecular formula is C19H19BrN4O. The monoisotopic (exact) mass is 398 g/mol. The lowest BCUT2D eigenvalue weighted by molar-refractivity contribution is 0.416. The number of hydrogen-bond acceptors (Lipinski definition) is 5. The Bertz CT molecular complexity index is 898. The number of aryl methyl sites for hydroxylation is 2. The van der Waals surface area contributed by atoms with Gasteiger partial charge < -0.3 is 15.4 Å². The van der Waals surface area contributed by atoms with Crippen LogP contribution < -0.4 is 15.4 Å². The Balaban J connectivity index is 1.82. The van der Waals surface area contributed by atoms with Gasteiger partial charge in [-0.3, -0.25) is 0 Å². The average Bonchev–Trinajstić information content (AvgIpc) is 2.59. The summed E-state index contributed by atoms with van der Waals surface area (Å²) < 4.78 is 6.43. The van der Waals surface area contributed by atoms with E-state index in [1.54, 1.807) is 13.3 Å². The molecule has 3 rings (SSSR count). The molecule has 0 saturated heterocycles. The molecule has 0 aliphatic heterocycles. The van der Waals surface area contributed by atoms with E-state index < -0.39 is 0 Å². The van der Waals surface area contributed by atoms with Crippen LogP contribution in [0.2, 0.25) is 0 Å². The maximum Gasteiger partial charge on any atom is 0.229 e. The third kappa shape index (κ3) is 4.28. The van der Waals surface area contributed by atoms with E-state index in [9.17, 15) is 0 Å². The highest BCUT2D eigenvalue weighted by Gasteiger charge is 2.07. The van der Waals surface area contributed by atoms with Crippen LogP contribution in [0.5, 0.6) is 5.75 Å². The molecule has 0 fully saturated rings. The fourth-order valence-corrected chi connectivity index (χ4v) is 2.73. The third-order valence-corrected chi connectivity index (χ3v) is 4.56. The summed E-state index contributed by atoms with van der Waals surface area (Å²) in [5, 5.41) is 6.50. The fraction of sp³-hybridized carbons (Fsp3) is 0.158. The number of ether oxygens (including phenoxy) is 1. The number of aromatic nitrogens is 2. The molecule has 3 aromatic rings. The molecule has 0 saturated carbocycles. The molecule has 25 heavy (non-hydrogen) atoms. The Kier molecular flexibility index (Phi) is 5.19. The zero-order chi connectivity index (χ0) is 17.8. The van der Waals surface area contributed by atoms with Gasteiger partial charge in [-0.1, -0.05) is 28.1 Å². The standard InChI is InChI=1S/C19H19BrN4O/c1-12-4-7-17(25-3)16(10-12)23-19-21-9-8-18(24-19)22-14-6-5-13(2)15(20)11-14/h4-11H,1-3H3,(H2,21,22,23,24). The largest absolute Gasteiger partial charge is 0.495 e. The maximum absolute atomic E-state index is 5.38. The van der Waals surface area contributed by atoms with E-state index >= 15 is 0 Å². The molecule has 1 heterocycles. The van der Waals surface area contributed by atoms with Crippen molar-refractivity contribution >= 4 is 39.1 Å². The van der Waals surface area contributed by atoms with Crippen LogP contribution in [0.1, 0.15) is 11.1 Å². The van der Waals surface area contributed by atoms with Gasteiger partial charge in [0.25, 0.3) is 0 Å². The van der Waals surface area contributed by atoms with E-state index in [0.717, 1.165) is 27.2 Å². The molecule has 5 nitrogen and oxygen atoms in total. The zero-order valence-electron chi connectivity index (χ0n) is 14.3. The van der Waals surface area contributed by atoms with Crippen LogP contribution in [0, 0.1) is 13.8 Å². The van der Waals surface area contributed by atoms with Crippen LogP contribution in [0.4, 0.5) is 23.1 Å². The summed E-state index contributed by atoms with van der Waals surface area (Å²) >= 11 is 3.54. The minimum absolute atomic E-state index is 0.500. The van der Waals surface area contributed by atoms with Crippen LogP contribution in [0.15, 0.2) is 53.1 Å². The lowest BCUT2D eigenvalue weighted by Crippen LogP contribution is -2.02. The summed E-state index contributed by atoms with van der Waals surface area (Å²) in [4.78, 5) is 8.80. The predicted octanol–water partition coefficient (Wildman–Crippen LogP) is 5.35. The number of nitrogens with one attached hydrogen (secondary N) is 2. The van der Waals surface area contributed by atoms with E-state index in [-0.39, 0.29) is 0 Å². The van der Waals surface area contributed by atoms with Crippen molar-refractivity contribution in [2.45, 2.75) is 13.8 Å². The number of hydrogen-bond donors (Lipinski definition) is 2. The van der Waals surface area contributed by atoms with Crippen LogP contribution in [0.3, 0.4) is 0 Å². The summed E-state index contributed by atoms with van der Waals surface area (Å²) in [5.41, 5.74) is 4.09. The van der Waals surface area contributed by atoms with Gasteiger partial charge in [0.15, 0.2) is 0 Å². The van der Waals surface area contributed by atoms with E-state index in [0.29, 0.717) is 11.8 Å². The van der Waals surface area contributed by atoms with Crippen LogP contribution in [-0.2, 0) is 0 Å². The topological polar surface area (TPSA) is 59.1 Å². The average molecular weight is 399 g/mol. The molecule has 2 N–H and O–H groups in total. The Morgan fingerprint density at radius 1 is 1.00 bits per heavy atom. The molecule has 0 amide bonds.